The molecule has 0 aliphatic carbocycles. The van der Waals surface area contributed by atoms with Crippen LogP contribution in [-0.2, 0) is 4.74 Å². The van der Waals surface area contributed by atoms with Crippen molar-refractivity contribution >= 4 is 17.3 Å². The van der Waals surface area contributed by atoms with Gasteiger partial charge in [0.1, 0.15) is 10.7 Å². The van der Waals surface area contributed by atoms with Crippen LogP contribution >= 0.6 is 11.3 Å². The van der Waals surface area contributed by atoms with Crippen LogP contribution < -0.4 is 0 Å². The van der Waals surface area contributed by atoms with Gasteiger partial charge in [-0.15, -0.1) is 11.3 Å². The standard InChI is InChI=1S/C17H16FN3O3S/c1-8-5-6-12(7-13(8)18)15-20-16(24-21-15)10(3)23-17(22)14-9(2)19-11(4)25-14/h5-7,10H,1-4H3. The molecule has 0 radical (unpaired) electrons. The molecule has 6 nitrogen and oxygen atoms in total. The van der Waals surface area contributed by atoms with Gasteiger partial charge in [-0.1, -0.05) is 17.3 Å². The number of hydrogen-bond acceptors (Lipinski definition) is 7. The van der Waals surface area contributed by atoms with Crippen molar-refractivity contribution in [3.05, 3.63) is 51.0 Å². The molecule has 2 aromatic heterocycles. The van der Waals surface area contributed by atoms with Crippen LogP contribution in [0.15, 0.2) is 22.7 Å². The zero-order valence-corrected chi connectivity index (χ0v) is 15.0. The molecule has 0 spiro atoms. The van der Waals surface area contributed by atoms with Crippen LogP contribution in [0.4, 0.5) is 4.39 Å². The minimum Gasteiger partial charge on any atom is -0.448 e. The van der Waals surface area contributed by atoms with Crippen molar-refractivity contribution in [1.82, 2.24) is 15.1 Å². The molecular weight excluding hydrogens is 345 g/mol. The SMILES string of the molecule is Cc1nc(C)c(C(=O)OC(C)c2nc(-c3ccc(C)c(F)c3)no2)s1. The number of aryl methyl sites for hydroxylation is 3. The van der Waals surface area contributed by atoms with Crippen LogP contribution in [0.1, 0.15) is 44.9 Å². The Morgan fingerprint density at radius 2 is 2.04 bits per heavy atom. The van der Waals surface area contributed by atoms with Gasteiger partial charge in [0.15, 0.2) is 6.10 Å². The van der Waals surface area contributed by atoms with Crippen LogP contribution in [0.3, 0.4) is 0 Å². The lowest BCUT2D eigenvalue weighted by Gasteiger charge is -2.07. The molecule has 0 saturated carbocycles. The highest BCUT2D eigenvalue weighted by atomic mass is 32.1. The Kier molecular flexibility index (Phi) is 4.63. The quantitative estimate of drug-likeness (QED) is 0.649. The van der Waals surface area contributed by atoms with E-state index in [0.717, 1.165) is 5.01 Å². The molecule has 0 saturated heterocycles. The van der Waals surface area contributed by atoms with E-state index in [1.54, 1.807) is 32.9 Å². The number of carbonyl (C=O) groups is 1. The van der Waals surface area contributed by atoms with Gasteiger partial charge in [0.05, 0.1) is 10.7 Å². The maximum absolute atomic E-state index is 13.7. The zero-order valence-electron chi connectivity index (χ0n) is 14.2. The molecule has 8 heteroatoms. The van der Waals surface area contributed by atoms with E-state index in [0.29, 0.717) is 21.7 Å². The van der Waals surface area contributed by atoms with E-state index in [4.69, 9.17) is 9.26 Å². The monoisotopic (exact) mass is 361 g/mol. The molecule has 0 aliphatic rings. The highest BCUT2D eigenvalue weighted by Gasteiger charge is 2.23. The lowest BCUT2D eigenvalue weighted by Crippen LogP contribution is -2.09. The maximum atomic E-state index is 13.7. The van der Waals surface area contributed by atoms with Gasteiger partial charge in [-0.05, 0) is 39.3 Å². The predicted octanol–water partition coefficient (Wildman–Crippen LogP) is 4.18. The number of benzene rings is 1. The molecule has 0 aliphatic heterocycles. The van der Waals surface area contributed by atoms with Gasteiger partial charge >= 0.3 is 5.97 Å². The Labute approximate surface area is 147 Å². The molecule has 0 N–H and O–H groups in total. The summed E-state index contributed by atoms with van der Waals surface area (Å²) in [6.07, 6.45) is -0.731. The van der Waals surface area contributed by atoms with E-state index in [2.05, 4.69) is 15.1 Å². The average molecular weight is 361 g/mol. The first-order valence-electron chi connectivity index (χ1n) is 7.60. The Hall–Kier alpha value is -2.61. The first-order valence-corrected chi connectivity index (χ1v) is 8.42. The first-order chi connectivity index (χ1) is 11.8. The highest BCUT2D eigenvalue weighted by molar-refractivity contribution is 7.13. The number of nitrogens with zero attached hydrogens (tertiary/aromatic N) is 3. The molecule has 130 valence electrons. The van der Waals surface area contributed by atoms with Crippen molar-refractivity contribution in [3.8, 4) is 11.4 Å². The maximum Gasteiger partial charge on any atom is 0.351 e. The Morgan fingerprint density at radius 3 is 2.68 bits per heavy atom. The second-order valence-electron chi connectivity index (χ2n) is 5.62. The van der Waals surface area contributed by atoms with Crippen LogP contribution in [0.2, 0.25) is 0 Å². The first kappa shape index (κ1) is 17.2. The van der Waals surface area contributed by atoms with Crippen LogP contribution in [-0.4, -0.2) is 21.1 Å². The van der Waals surface area contributed by atoms with Gasteiger partial charge in [0.2, 0.25) is 5.82 Å². The van der Waals surface area contributed by atoms with Crippen molar-refractivity contribution in [2.24, 2.45) is 0 Å². The van der Waals surface area contributed by atoms with Crippen molar-refractivity contribution in [2.45, 2.75) is 33.8 Å². The number of ether oxygens (including phenoxy) is 1. The van der Waals surface area contributed by atoms with E-state index in [9.17, 15) is 9.18 Å². The van der Waals surface area contributed by atoms with E-state index < -0.39 is 12.1 Å². The summed E-state index contributed by atoms with van der Waals surface area (Å²) in [7, 11) is 0. The molecule has 3 aromatic rings. The number of hydrogen-bond donors (Lipinski definition) is 0. The fourth-order valence-corrected chi connectivity index (χ4v) is 3.04. The molecule has 0 amide bonds. The molecule has 0 fully saturated rings. The largest absolute Gasteiger partial charge is 0.448 e. The number of carbonyl (C=O) groups excluding carboxylic acids is 1. The third-order valence-corrected chi connectivity index (χ3v) is 4.65. The number of aromatic nitrogens is 3. The average Bonchev–Trinajstić information content (AvgIpc) is 3.16. The number of halogens is 1. The zero-order chi connectivity index (χ0) is 18.1. The summed E-state index contributed by atoms with van der Waals surface area (Å²) in [5.41, 5.74) is 1.65. The summed E-state index contributed by atoms with van der Waals surface area (Å²) < 4.78 is 24.2. The second-order valence-corrected chi connectivity index (χ2v) is 6.82. The minimum absolute atomic E-state index is 0.142. The lowest BCUT2D eigenvalue weighted by atomic mass is 10.1. The van der Waals surface area contributed by atoms with Gasteiger partial charge in [-0.25, -0.2) is 14.2 Å². The molecular formula is C17H16FN3O3S. The molecule has 25 heavy (non-hydrogen) atoms. The van der Waals surface area contributed by atoms with E-state index in [1.165, 1.54) is 17.4 Å². The summed E-state index contributed by atoms with van der Waals surface area (Å²) in [5, 5.41) is 4.62. The van der Waals surface area contributed by atoms with E-state index in [-0.39, 0.29) is 17.5 Å². The number of thiazole rings is 1. The third-order valence-electron chi connectivity index (χ3n) is 3.59. The smallest absolute Gasteiger partial charge is 0.351 e. The third kappa shape index (κ3) is 3.58. The Morgan fingerprint density at radius 1 is 1.28 bits per heavy atom. The predicted molar refractivity (Wildman–Crippen MR) is 89.8 cm³/mol. The topological polar surface area (TPSA) is 78.1 Å². The van der Waals surface area contributed by atoms with Gasteiger partial charge in [0, 0.05) is 5.56 Å². The summed E-state index contributed by atoms with van der Waals surface area (Å²) in [4.78, 5) is 21.1. The summed E-state index contributed by atoms with van der Waals surface area (Å²) in [6, 6.07) is 4.68. The van der Waals surface area contributed by atoms with E-state index in [1.807, 2.05) is 6.92 Å². The van der Waals surface area contributed by atoms with Gasteiger partial charge in [-0.3, -0.25) is 0 Å². The molecule has 1 unspecified atom stereocenters. The molecule has 3 rings (SSSR count). The lowest BCUT2D eigenvalue weighted by molar-refractivity contribution is 0.0270. The Balaban J connectivity index is 1.76. The number of esters is 1. The van der Waals surface area contributed by atoms with Crippen LogP contribution in [0.5, 0.6) is 0 Å². The minimum atomic E-state index is -0.731. The normalized spacial score (nSPS) is 12.2. The van der Waals surface area contributed by atoms with Crippen molar-refractivity contribution < 1.29 is 18.4 Å². The molecule has 1 aromatic carbocycles. The fraction of sp³-hybridized carbons (Fsp3) is 0.294. The summed E-state index contributed by atoms with van der Waals surface area (Å²) in [6.45, 7) is 6.88. The summed E-state index contributed by atoms with van der Waals surface area (Å²) in [5.74, 6) is -0.457. The van der Waals surface area contributed by atoms with Crippen molar-refractivity contribution in [1.29, 1.82) is 0 Å². The van der Waals surface area contributed by atoms with E-state index >= 15 is 0 Å². The molecule has 0 bridgehead atoms. The van der Waals surface area contributed by atoms with Crippen molar-refractivity contribution in [3.63, 3.8) is 0 Å². The number of rotatable bonds is 4. The van der Waals surface area contributed by atoms with Crippen LogP contribution in [0, 0.1) is 26.6 Å². The van der Waals surface area contributed by atoms with Gasteiger partial charge in [-0.2, -0.15) is 4.98 Å². The molecule has 1 atom stereocenters. The highest BCUT2D eigenvalue weighted by Crippen LogP contribution is 2.25. The summed E-state index contributed by atoms with van der Waals surface area (Å²) >= 11 is 1.27. The molecule has 2 heterocycles. The van der Waals surface area contributed by atoms with Gasteiger partial charge in [0.25, 0.3) is 5.89 Å². The Bertz CT molecular complexity index is 935. The van der Waals surface area contributed by atoms with Crippen LogP contribution in [0.25, 0.3) is 11.4 Å². The fourth-order valence-electron chi connectivity index (χ4n) is 2.23. The van der Waals surface area contributed by atoms with Gasteiger partial charge < -0.3 is 9.26 Å². The van der Waals surface area contributed by atoms with Crippen molar-refractivity contribution in [2.75, 3.05) is 0 Å². The second kappa shape index (κ2) is 6.72.